The molecule has 9 heteroatoms. The first-order valence-corrected chi connectivity index (χ1v) is 11.7. The van der Waals surface area contributed by atoms with Crippen LogP contribution in [-0.2, 0) is 16.3 Å². The van der Waals surface area contributed by atoms with Gasteiger partial charge in [0.1, 0.15) is 5.02 Å². The van der Waals surface area contributed by atoms with Crippen LogP contribution in [0, 0.1) is 17.8 Å². The summed E-state index contributed by atoms with van der Waals surface area (Å²) in [6.07, 6.45) is 7.79. The molecule has 4 aliphatic rings. The van der Waals surface area contributed by atoms with Crippen molar-refractivity contribution >= 4 is 33.8 Å². The first kappa shape index (κ1) is 17.8. The molecule has 2 N–H and O–H groups in total. The third kappa shape index (κ3) is 2.79. The van der Waals surface area contributed by atoms with Crippen molar-refractivity contribution in [1.29, 1.82) is 0 Å². The van der Waals surface area contributed by atoms with Gasteiger partial charge < -0.3 is 4.98 Å². The highest BCUT2D eigenvalue weighted by atomic mass is 35.5. The molecule has 4 saturated carbocycles. The van der Waals surface area contributed by atoms with Crippen molar-refractivity contribution in [3.05, 3.63) is 35.0 Å². The zero-order valence-corrected chi connectivity index (χ0v) is 17.4. The molecule has 7 rings (SSSR count). The molecule has 4 bridgehead atoms. The fraction of sp³-hybridized carbons (Fsp3) is 0.500. The third-order valence-electron chi connectivity index (χ3n) is 7.16. The standard InChI is InChI=1S/C20H22ClN5O2S/c21-16-17(20-8-11-5-12(9-20)7-13(6-11)10-20)23-26-19(16)22-18(24-26)14-1-3-15(4-2-14)25-29(27)28/h1-4,11-13,29H,5-10H2,(H,22,24)(H,25,27,28). The van der Waals surface area contributed by atoms with Gasteiger partial charge in [-0.25, -0.2) is 8.42 Å². The molecule has 0 atom stereocenters. The number of nitrogens with zero attached hydrogens (tertiary/aromatic N) is 3. The van der Waals surface area contributed by atoms with E-state index in [0.717, 1.165) is 34.7 Å². The van der Waals surface area contributed by atoms with E-state index in [0.29, 0.717) is 16.5 Å². The number of hydrogen-bond acceptors (Lipinski definition) is 4. The largest absolute Gasteiger partial charge is 0.320 e. The molecule has 0 radical (unpaired) electrons. The maximum atomic E-state index is 10.8. The van der Waals surface area contributed by atoms with Crippen LogP contribution in [0.1, 0.15) is 44.2 Å². The molecule has 0 unspecified atom stereocenters. The van der Waals surface area contributed by atoms with Gasteiger partial charge in [0, 0.05) is 16.7 Å². The number of halogens is 1. The second-order valence-electron chi connectivity index (χ2n) is 9.12. The van der Waals surface area contributed by atoms with Crippen LogP contribution < -0.4 is 4.72 Å². The Hall–Kier alpha value is -2.06. The minimum absolute atomic E-state index is 0.128. The van der Waals surface area contributed by atoms with Crippen molar-refractivity contribution in [3.63, 3.8) is 0 Å². The van der Waals surface area contributed by atoms with Gasteiger partial charge in [0.15, 0.2) is 11.5 Å². The molecule has 0 saturated heterocycles. The van der Waals surface area contributed by atoms with E-state index < -0.39 is 10.9 Å². The second kappa shape index (κ2) is 6.22. The molecule has 7 nitrogen and oxygen atoms in total. The van der Waals surface area contributed by atoms with E-state index in [-0.39, 0.29) is 5.41 Å². The van der Waals surface area contributed by atoms with Gasteiger partial charge >= 0.3 is 0 Å². The smallest absolute Gasteiger partial charge is 0.222 e. The van der Waals surface area contributed by atoms with Crippen LogP contribution in [0.5, 0.6) is 0 Å². The lowest BCUT2D eigenvalue weighted by atomic mass is 9.49. The topological polar surface area (TPSA) is 92.2 Å². The predicted molar refractivity (Wildman–Crippen MR) is 112 cm³/mol. The lowest BCUT2D eigenvalue weighted by Crippen LogP contribution is -2.48. The fourth-order valence-corrected chi connectivity index (χ4v) is 7.20. The number of nitrogens with one attached hydrogen (secondary N) is 2. The van der Waals surface area contributed by atoms with Gasteiger partial charge in [0.2, 0.25) is 10.9 Å². The maximum absolute atomic E-state index is 10.8. The van der Waals surface area contributed by atoms with Gasteiger partial charge in [0.25, 0.3) is 0 Å². The Balaban J connectivity index is 1.35. The van der Waals surface area contributed by atoms with Crippen LogP contribution in [0.25, 0.3) is 17.0 Å². The van der Waals surface area contributed by atoms with Crippen molar-refractivity contribution in [2.24, 2.45) is 17.8 Å². The van der Waals surface area contributed by atoms with Gasteiger partial charge in [0.05, 0.1) is 5.69 Å². The van der Waals surface area contributed by atoms with Crippen LogP contribution in [0.3, 0.4) is 0 Å². The van der Waals surface area contributed by atoms with E-state index in [1.807, 2.05) is 12.1 Å². The number of aromatic amines is 1. The number of fused-ring (bicyclic) bond motifs is 1. The Labute approximate surface area is 174 Å². The van der Waals surface area contributed by atoms with Crippen LogP contribution >= 0.6 is 11.6 Å². The summed E-state index contributed by atoms with van der Waals surface area (Å²) < 4.78 is 25.6. The summed E-state index contributed by atoms with van der Waals surface area (Å²) in [6.45, 7) is 0. The first-order chi connectivity index (χ1) is 14.0. The maximum Gasteiger partial charge on any atom is 0.222 e. The summed E-state index contributed by atoms with van der Waals surface area (Å²) >= 11 is 6.84. The zero-order valence-electron chi connectivity index (χ0n) is 15.8. The number of anilines is 1. The number of benzene rings is 1. The molecule has 4 aliphatic carbocycles. The molecule has 0 aliphatic heterocycles. The van der Waals surface area contributed by atoms with Gasteiger partial charge in [-0.15, -0.1) is 9.73 Å². The molecule has 2 heterocycles. The summed E-state index contributed by atoms with van der Waals surface area (Å²) in [6, 6.07) is 7.03. The molecule has 3 aromatic rings. The average Bonchev–Trinajstić information content (AvgIpc) is 3.21. The Kier molecular flexibility index (Phi) is 3.81. The van der Waals surface area contributed by atoms with Gasteiger partial charge in [-0.1, -0.05) is 11.6 Å². The predicted octanol–water partition coefficient (Wildman–Crippen LogP) is 3.78. The zero-order chi connectivity index (χ0) is 19.8. The SMILES string of the molecule is O=[SH](=O)Nc1ccc(-c2nn3nc(C45CC6CC(CC(C6)C4)C5)c(Cl)c3[nH]2)cc1. The monoisotopic (exact) mass is 431 g/mol. The number of hydrogen-bond donors (Lipinski definition) is 3. The molecule has 0 spiro atoms. The fourth-order valence-electron chi connectivity index (χ4n) is 6.48. The van der Waals surface area contributed by atoms with Crippen LogP contribution in [0.4, 0.5) is 5.69 Å². The number of thiol groups is 1. The van der Waals surface area contributed by atoms with E-state index in [1.54, 1.807) is 16.8 Å². The van der Waals surface area contributed by atoms with Crippen molar-refractivity contribution < 1.29 is 8.42 Å². The van der Waals surface area contributed by atoms with E-state index in [2.05, 4.69) is 14.8 Å². The normalized spacial score (nSPS) is 30.5. The first-order valence-electron chi connectivity index (χ1n) is 10.2. The van der Waals surface area contributed by atoms with Gasteiger partial charge in [-0.3, -0.25) is 4.72 Å². The molecular formula is C20H22ClN5O2S. The number of H-pyrrole nitrogens is 1. The summed E-state index contributed by atoms with van der Waals surface area (Å²) in [7, 11) is -2.67. The minimum atomic E-state index is -2.67. The highest BCUT2D eigenvalue weighted by Crippen LogP contribution is 2.61. The molecule has 152 valence electrons. The quantitative estimate of drug-likeness (QED) is 0.548. The van der Waals surface area contributed by atoms with Gasteiger partial charge in [-0.05, 0) is 80.5 Å². The van der Waals surface area contributed by atoms with Crippen molar-refractivity contribution in [3.8, 4) is 11.4 Å². The molecular weight excluding hydrogens is 410 g/mol. The lowest BCUT2D eigenvalue weighted by Gasteiger charge is -2.56. The van der Waals surface area contributed by atoms with Crippen LogP contribution in [-0.4, -0.2) is 28.2 Å². The number of aromatic nitrogens is 4. The van der Waals surface area contributed by atoms with Crippen molar-refractivity contribution in [2.75, 3.05) is 4.72 Å². The molecule has 2 aromatic heterocycles. The minimum Gasteiger partial charge on any atom is -0.320 e. The third-order valence-corrected chi connectivity index (χ3v) is 7.96. The Bertz CT molecular complexity index is 1140. The van der Waals surface area contributed by atoms with Crippen LogP contribution in [0.2, 0.25) is 5.02 Å². The summed E-state index contributed by atoms with van der Waals surface area (Å²) in [5.74, 6) is 3.15. The molecule has 1 aromatic carbocycles. The lowest BCUT2D eigenvalue weighted by molar-refractivity contribution is -0.00732. The van der Waals surface area contributed by atoms with E-state index in [1.165, 1.54) is 38.5 Å². The van der Waals surface area contributed by atoms with Crippen molar-refractivity contribution in [1.82, 2.24) is 19.8 Å². The summed E-state index contributed by atoms with van der Waals surface area (Å²) in [5, 5.41) is 10.2. The summed E-state index contributed by atoms with van der Waals surface area (Å²) in [5.41, 5.74) is 3.25. The number of rotatable bonds is 4. The Morgan fingerprint density at radius 3 is 2.21 bits per heavy atom. The van der Waals surface area contributed by atoms with E-state index in [4.69, 9.17) is 16.7 Å². The second-order valence-corrected chi connectivity index (χ2v) is 10.2. The van der Waals surface area contributed by atoms with Crippen LogP contribution in [0.15, 0.2) is 24.3 Å². The van der Waals surface area contributed by atoms with E-state index in [9.17, 15) is 8.42 Å². The highest BCUT2D eigenvalue weighted by Gasteiger charge is 2.53. The average molecular weight is 432 g/mol. The van der Waals surface area contributed by atoms with Crippen molar-refractivity contribution in [2.45, 2.75) is 43.9 Å². The highest BCUT2D eigenvalue weighted by molar-refractivity contribution is 7.73. The van der Waals surface area contributed by atoms with E-state index >= 15 is 0 Å². The summed E-state index contributed by atoms with van der Waals surface area (Å²) in [4.78, 5) is 3.31. The molecule has 0 amide bonds. The molecule has 4 fully saturated rings. The van der Waals surface area contributed by atoms with Gasteiger partial charge in [-0.2, -0.15) is 5.10 Å². The molecule has 29 heavy (non-hydrogen) atoms. The Morgan fingerprint density at radius 2 is 1.66 bits per heavy atom. The Morgan fingerprint density at radius 1 is 1.03 bits per heavy atom.